The van der Waals surface area contributed by atoms with Crippen molar-refractivity contribution in [2.45, 2.75) is 13.3 Å². The highest BCUT2D eigenvalue weighted by Crippen LogP contribution is 2.18. The lowest BCUT2D eigenvalue weighted by atomic mass is 10.1. The van der Waals surface area contributed by atoms with E-state index in [1.165, 1.54) is 12.1 Å². The van der Waals surface area contributed by atoms with Crippen LogP contribution in [0.25, 0.3) is 0 Å². The Labute approximate surface area is 108 Å². The van der Waals surface area contributed by atoms with Gasteiger partial charge in [0.05, 0.1) is 4.92 Å². The summed E-state index contributed by atoms with van der Waals surface area (Å²) in [6.45, 7) is 2.10. The highest BCUT2D eigenvalue weighted by atomic mass is 16.6. The molecule has 0 radical (unpaired) electrons. The van der Waals surface area contributed by atoms with Crippen LogP contribution >= 0.6 is 0 Å². The van der Waals surface area contributed by atoms with E-state index in [0.717, 1.165) is 0 Å². The van der Waals surface area contributed by atoms with Crippen molar-refractivity contribution in [1.82, 2.24) is 4.98 Å². The number of hydrogen-bond donors (Lipinski definition) is 2. The molecule has 0 bridgehead atoms. The third-order valence-corrected chi connectivity index (χ3v) is 2.33. The highest BCUT2D eigenvalue weighted by molar-refractivity contribution is 5.67. The number of anilines is 1. The molecule has 100 valence electrons. The van der Waals surface area contributed by atoms with Gasteiger partial charge in [0, 0.05) is 19.0 Å². The zero-order chi connectivity index (χ0) is 14.4. The number of nitro groups is 1. The number of carboxylic acids is 1. The second-order valence-corrected chi connectivity index (χ2v) is 4.02. The zero-order valence-electron chi connectivity index (χ0n) is 10.2. The molecule has 0 aliphatic carbocycles. The van der Waals surface area contributed by atoms with Gasteiger partial charge in [-0.3, -0.25) is 14.9 Å². The smallest absolute Gasteiger partial charge is 0.305 e. The molecule has 0 aliphatic rings. The van der Waals surface area contributed by atoms with Crippen molar-refractivity contribution in [3.63, 3.8) is 0 Å². The summed E-state index contributed by atoms with van der Waals surface area (Å²) in [4.78, 5) is 24.2. The van der Waals surface area contributed by atoms with Gasteiger partial charge in [0.1, 0.15) is 11.9 Å². The van der Waals surface area contributed by atoms with Crippen LogP contribution in [0.4, 0.5) is 11.5 Å². The van der Waals surface area contributed by atoms with Crippen LogP contribution in [0.2, 0.25) is 0 Å². The lowest BCUT2D eigenvalue weighted by Crippen LogP contribution is -2.15. The molecular weight excluding hydrogens is 252 g/mol. The van der Waals surface area contributed by atoms with Gasteiger partial charge in [-0.15, -0.1) is 0 Å². The standard InChI is InChI=1S/C11H12N4O4/c1-7(4-11(16)17)6-13-10-3-2-9(15(18)19)8(5-12)14-10/h2-3,7H,4,6H2,1H3,(H,13,14)(H,16,17). The first-order chi connectivity index (χ1) is 8.93. The summed E-state index contributed by atoms with van der Waals surface area (Å²) < 4.78 is 0. The summed E-state index contributed by atoms with van der Waals surface area (Å²) in [5.41, 5.74) is -0.632. The van der Waals surface area contributed by atoms with Gasteiger partial charge in [0.2, 0.25) is 5.69 Å². The largest absolute Gasteiger partial charge is 0.481 e. The molecule has 0 aliphatic heterocycles. The minimum atomic E-state index is -0.899. The number of pyridine rings is 1. The molecule has 0 amide bonds. The number of aliphatic carboxylic acids is 1. The van der Waals surface area contributed by atoms with E-state index in [-0.39, 0.29) is 23.7 Å². The Balaban J connectivity index is 2.73. The number of hydrogen-bond acceptors (Lipinski definition) is 6. The number of nitriles is 1. The van der Waals surface area contributed by atoms with Gasteiger partial charge in [-0.1, -0.05) is 6.92 Å². The highest BCUT2D eigenvalue weighted by Gasteiger charge is 2.15. The molecule has 1 aromatic heterocycles. The average molecular weight is 264 g/mol. The second kappa shape index (κ2) is 6.30. The molecule has 1 rings (SSSR count). The lowest BCUT2D eigenvalue weighted by molar-refractivity contribution is -0.385. The van der Waals surface area contributed by atoms with Crippen molar-refractivity contribution >= 4 is 17.5 Å². The number of aromatic nitrogens is 1. The molecule has 0 saturated heterocycles. The maximum Gasteiger partial charge on any atom is 0.305 e. The molecule has 0 aromatic carbocycles. The SMILES string of the molecule is CC(CNc1ccc([N+](=O)[O-])c(C#N)n1)CC(=O)O. The minimum Gasteiger partial charge on any atom is -0.481 e. The Bertz CT molecular complexity index is 538. The third-order valence-electron chi connectivity index (χ3n) is 2.33. The van der Waals surface area contributed by atoms with E-state index in [0.29, 0.717) is 12.4 Å². The van der Waals surface area contributed by atoms with E-state index in [1.807, 2.05) is 0 Å². The van der Waals surface area contributed by atoms with Crippen molar-refractivity contribution < 1.29 is 14.8 Å². The summed E-state index contributed by atoms with van der Waals surface area (Å²) in [6.07, 6.45) is 0.00505. The third kappa shape index (κ3) is 4.23. The molecule has 8 heteroatoms. The van der Waals surface area contributed by atoms with Gasteiger partial charge in [0.15, 0.2) is 0 Å². The predicted molar refractivity (Wildman–Crippen MR) is 65.5 cm³/mol. The van der Waals surface area contributed by atoms with Crippen molar-refractivity contribution in [1.29, 1.82) is 5.26 Å². The number of carbonyl (C=O) groups is 1. The van der Waals surface area contributed by atoms with E-state index < -0.39 is 10.9 Å². The van der Waals surface area contributed by atoms with Crippen LogP contribution in [0, 0.1) is 27.4 Å². The van der Waals surface area contributed by atoms with Crippen LogP contribution in [-0.4, -0.2) is 27.5 Å². The van der Waals surface area contributed by atoms with Crippen molar-refractivity contribution in [2.24, 2.45) is 5.92 Å². The minimum absolute atomic E-state index is 0.00505. The number of carboxylic acid groups (broad SMARTS) is 1. The number of rotatable bonds is 6. The molecule has 1 heterocycles. The summed E-state index contributed by atoms with van der Waals surface area (Å²) >= 11 is 0. The Morgan fingerprint density at radius 1 is 1.68 bits per heavy atom. The molecule has 0 spiro atoms. The van der Waals surface area contributed by atoms with Crippen LogP contribution < -0.4 is 5.32 Å². The Kier molecular flexibility index (Phi) is 4.76. The van der Waals surface area contributed by atoms with Gasteiger partial charge in [-0.05, 0) is 12.0 Å². The Hall–Kier alpha value is -2.69. The molecule has 0 fully saturated rings. The zero-order valence-corrected chi connectivity index (χ0v) is 10.2. The number of nitrogens with one attached hydrogen (secondary N) is 1. The molecule has 8 nitrogen and oxygen atoms in total. The maximum absolute atomic E-state index is 10.6. The average Bonchev–Trinajstić information content (AvgIpc) is 2.34. The Morgan fingerprint density at radius 3 is 2.89 bits per heavy atom. The van der Waals surface area contributed by atoms with Crippen LogP contribution in [0.1, 0.15) is 19.0 Å². The first kappa shape index (κ1) is 14.4. The van der Waals surface area contributed by atoms with E-state index in [4.69, 9.17) is 10.4 Å². The fourth-order valence-corrected chi connectivity index (χ4v) is 1.43. The first-order valence-electron chi connectivity index (χ1n) is 5.45. The van der Waals surface area contributed by atoms with Crippen LogP contribution in [0.15, 0.2) is 12.1 Å². The molecular formula is C11H12N4O4. The fourth-order valence-electron chi connectivity index (χ4n) is 1.43. The molecule has 2 N–H and O–H groups in total. The monoisotopic (exact) mass is 264 g/mol. The van der Waals surface area contributed by atoms with E-state index >= 15 is 0 Å². The predicted octanol–water partition coefficient (Wildman–Crippen LogP) is 1.38. The molecule has 1 atom stereocenters. The fraction of sp³-hybridized carbons (Fsp3) is 0.364. The molecule has 1 aromatic rings. The normalized spacial score (nSPS) is 11.4. The van der Waals surface area contributed by atoms with Gasteiger partial charge < -0.3 is 10.4 Å². The Morgan fingerprint density at radius 2 is 2.37 bits per heavy atom. The van der Waals surface area contributed by atoms with Crippen LogP contribution in [0.5, 0.6) is 0 Å². The summed E-state index contributed by atoms with van der Waals surface area (Å²) in [6, 6.07) is 4.22. The molecule has 19 heavy (non-hydrogen) atoms. The van der Waals surface area contributed by atoms with Crippen molar-refractivity contribution in [3.05, 3.63) is 27.9 Å². The van der Waals surface area contributed by atoms with Gasteiger partial charge in [0.25, 0.3) is 0 Å². The number of nitrogens with zero attached hydrogens (tertiary/aromatic N) is 3. The van der Waals surface area contributed by atoms with Gasteiger partial charge >= 0.3 is 11.7 Å². The summed E-state index contributed by atoms with van der Waals surface area (Å²) in [5, 5.41) is 30.8. The van der Waals surface area contributed by atoms with Crippen molar-refractivity contribution in [3.8, 4) is 6.07 Å². The maximum atomic E-state index is 10.6. The summed E-state index contributed by atoms with van der Waals surface area (Å²) in [5.74, 6) is -0.719. The van der Waals surface area contributed by atoms with Crippen LogP contribution in [0.3, 0.4) is 0 Å². The second-order valence-electron chi connectivity index (χ2n) is 4.02. The lowest BCUT2D eigenvalue weighted by Gasteiger charge is -2.10. The molecule has 1 unspecified atom stereocenters. The van der Waals surface area contributed by atoms with Gasteiger partial charge in [-0.25, -0.2) is 4.98 Å². The topological polar surface area (TPSA) is 129 Å². The molecule has 0 saturated carbocycles. The van der Waals surface area contributed by atoms with E-state index in [1.54, 1.807) is 13.0 Å². The van der Waals surface area contributed by atoms with Crippen LogP contribution in [-0.2, 0) is 4.79 Å². The van der Waals surface area contributed by atoms with Crippen molar-refractivity contribution in [2.75, 3.05) is 11.9 Å². The van der Waals surface area contributed by atoms with E-state index in [2.05, 4.69) is 10.3 Å². The van der Waals surface area contributed by atoms with E-state index in [9.17, 15) is 14.9 Å². The quantitative estimate of drug-likeness (QED) is 0.586. The van der Waals surface area contributed by atoms with Gasteiger partial charge in [-0.2, -0.15) is 5.26 Å². The summed E-state index contributed by atoms with van der Waals surface area (Å²) in [7, 11) is 0. The first-order valence-corrected chi connectivity index (χ1v) is 5.45.